The van der Waals surface area contributed by atoms with Crippen molar-refractivity contribution < 1.29 is 29.0 Å². The van der Waals surface area contributed by atoms with Crippen molar-refractivity contribution in [1.82, 2.24) is 0 Å². The van der Waals surface area contributed by atoms with Gasteiger partial charge in [-0.1, -0.05) is 75.8 Å². The molecule has 3 fully saturated rings. The van der Waals surface area contributed by atoms with Crippen LogP contribution in [0.1, 0.15) is 92.1 Å². The number of carbonyl (C=O) groups is 3. The largest absolute Gasteiger partial charge is 0.504 e. The standard InChI is InChI=1S/C43H49NO6/c1-28-31-14-15-34-41(4,32(31)25-33(45)37(28)47)19-21-43(6)35-26-40(3,17-16-39(35,2)18-20-42(34,43)5)38(48)50-23-11-10-22-49-36(46)24-30(27-44)29-12-8-7-9-13-29/h7-15,24-25,35,47H,16-23,26H2,1-6H3/b11-10+,30-24+/t35-,39-,40-,41+,42-,43+/m1/s1. The van der Waals surface area contributed by atoms with E-state index in [-0.39, 0.29) is 58.0 Å². The second-order valence-electron chi connectivity index (χ2n) is 16.3. The highest BCUT2D eigenvalue weighted by atomic mass is 16.5. The fraction of sp³-hybridized carbons (Fsp3) is 0.488. The van der Waals surface area contributed by atoms with Gasteiger partial charge in [0, 0.05) is 17.1 Å². The summed E-state index contributed by atoms with van der Waals surface area (Å²) in [5, 5.41) is 19.8. The van der Waals surface area contributed by atoms with E-state index in [9.17, 15) is 24.8 Å². The van der Waals surface area contributed by atoms with Crippen molar-refractivity contribution in [2.75, 3.05) is 13.2 Å². The first-order valence-corrected chi connectivity index (χ1v) is 17.9. The monoisotopic (exact) mass is 675 g/mol. The smallest absolute Gasteiger partial charge is 0.332 e. The van der Waals surface area contributed by atoms with E-state index in [1.165, 1.54) is 11.6 Å². The van der Waals surface area contributed by atoms with E-state index in [1.807, 2.05) is 19.1 Å². The van der Waals surface area contributed by atoms with Crippen LogP contribution in [-0.2, 0) is 23.9 Å². The first-order valence-electron chi connectivity index (χ1n) is 17.9. The minimum Gasteiger partial charge on any atom is -0.504 e. The Kier molecular flexibility index (Phi) is 9.00. The summed E-state index contributed by atoms with van der Waals surface area (Å²) in [6.07, 6.45) is 17.1. The second-order valence-corrected chi connectivity index (χ2v) is 16.3. The van der Waals surface area contributed by atoms with Gasteiger partial charge in [0.25, 0.3) is 0 Å². The lowest BCUT2D eigenvalue weighted by Gasteiger charge is -2.70. The SMILES string of the molecule is CC1=C(O)C(=O)C=C2C1=CC=C1[C@@]2(C)CC[C@@]2(C)[C@@H]3C[C@](C)(C(=O)OC/C=C/COC(=O)/C=C(\C#N)c4ccccc4)CC[C@]3(C)CC[C@]12C. The van der Waals surface area contributed by atoms with Crippen molar-refractivity contribution in [2.45, 2.75) is 86.5 Å². The molecule has 5 aliphatic carbocycles. The maximum Gasteiger partial charge on any atom is 0.332 e. The maximum absolute atomic E-state index is 13.7. The van der Waals surface area contributed by atoms with Gasteiger partial charge in [0.05, 0.1) is 11.0 Å². The molecule has 0 aromatic heterocycles. The third-order valence-corrected chi connectivity index (χ3v) is 13.6. The number of aliphatic hydroxyl groups is 1. The number of ether oxygens (including phenoxy) is 2. The lowest BCUT2D eigenvalue weighted by Crippen LogP contribution is -2.62. The zero-order chi connectivity index (χ0) is 36.1. The number of fused-ring (bicyclic) bond motifs is 7. The van der Waals surface area contributed by atoms with Crippen LogP contribution in [0.15, 0.2) is 94.8 Å². The van der Waals surface area contributed by atoms with Crippen molar-refractivity contribution in [3.05, 3.63) is 100 Å². The molecule has 1 aromatic rings. The molecule has 0 saturated heterocycles. The number of carbonyl (C=O) groups excluding carboxylic acids is 3. The molecule has 7 heteroatoms. The highest BCUT2D eigenvalue weighted by molar-refractivity contribution is 6.06. The van der Waals surface area contributed by atoms with Gasteiger partial charge >= 0.3 is 11.9 Å². The van der Waals surface area contributed by atoms with Crippen molar-refractivity contribution in [2.24, 2.45) is 33.0 Å². The predicted molar refractivity (Wildman–Crippen MR) is 192 cm³/mol. The van der Waals surface area contributed by atoms with Crippen LogP contribution in [0.5, 0.6) is 0 Å². The van der Waals surface area contributed by atoms with E-state index in [0.717, 1.165) is 56.1 Å². The molecule has 0 heterocycles. The number of hydrogen-bond acceptors (Lipinski definition) is 7. The number of nitrogens with zero attached hydrogens (tertiary/aromatic N) is 1. The predicted octanol–water partition coefficient (Wildman–Crippen LogP) is 8.86. The molecular formula is C43H49NO6. The zero-order valence-corrected chi connectivity index (χ0v) is 30.2. The lowest BCUT2D eigenvalue weighted by atomic mass is 9.34. The molecule has 0 unspecified atom stereocenters. The Bertz CT molecular complexity index is 1850. The van der Waals surface area contributed by atoms with Crippen LogP contribution in [0.2, 0.25) is 0 Å². The first-order chi connectivity index (χ1) is 23.6. The highest BCUT2D eigenvalue weighted by Crippen LogP contribution is 2.75. The van der Waals surface area contributed by atoms with Crippen LogP contribution in [0.4, 0.5) is 0 Å². The molecule has 7 nitrogen and oxygen atoms in total. The van der Waals surface area contributed by atoms with Crippen molar-refractivity contribution in [3.63, 3.8) is 0 Å². The van der Waals surface area contributed by atoms with Crippen LogP contribution in [-0.4, -0.2) is 36.0 Å². The van der Waals surface area contributed by atoms with Gasteiger partial charge in [-0.25, -0.2) is 4.79 Å². The van der Waals surface area contributed by atoms with Crippen LogP contribution >= 0.6 is 0 Å². The summed E-state index contributed by atoms with van der Waals surface area (Å²) in [6, 6.07) is 11.0. The number of allylic oxidation sites excluding steroid dienone is 8. The molecule has 0 amide bonds. The summed E-state index contributed by atoms with van der Waals surface area (Å²) in [5.41, 5.74) is 3.92. The van der Waals surface area contributed by atoms with Crippen LogP contribution in [0.3, 0.4) is 0 Å². The Balaban J connectivity index is 1.13. The van der Waals surface area contributed by atoms with Gasteiger partial charge in [-0.05, 0) is 116 Å². The Hall–Kier alpha value is -4.44. The maximum atomic E-state index is 13.7. The summed E-state index contributed by atoms with van der Waals surface area (Å²) < 4.78 is 11.1. The fourth-order valence-electron chi connectivity index (χ4n) is 10.2. The van der Waals surface area contributed by atoms with E-state index in [4.69, 9.17) is 9.47 Å². The normalized spacial score (nSPS) is 35.0. The van der Waals surface area contributed by atoms with Gasteiger partial charge in [-0.3, -0.25) is 9.59 Å². The van der Waals surface area contributed by atoms with E-state index >= 15 is 0 Å². The molecule has 5 aliphatic rings. The van der Waals surface area contributed by atoms with Crippen LogP contribution in [0.25, 0.3) is 5.57 Å². The molecule has 6 rings (SSSR count). The summed E-state index contributed by atoms with van der Waals surface area (Å²) in [5.74, 6) is -0.971. The Morgan fingerprint density at radius 1 is 0.940 bits per heavy atom. The van der Waals surface area contributed by atoms with E-state index in [0.29, 0.717) is 17.1 Å². The number of hydrogen-bond donors (Lipinski definition) is 1. The van der Waals surface area contributed by atoms with Gasteiger partial charge in [0.1, 0.15) is 19.3 Å². The number of aliphatic hydroxyl groups excluding tert-OH is 1. The Morgan fingerprint density at radius 2 is 1.62 bits per heavy atom. The van der Waals surface area contributed by atoms with E-state index < -0.39 is 11.4 Å². The first kappa shape index (κ1) is 35.4. The molecule has 1 aromatic carbocycles. The van der Waals surface area contributed by atoms with Crippen LogP contribution in [0, 0.1) is 44.3 Å². The third-order valence-electron chi connectivity index (χ3n) is 13.6. The Labute approximate surface area is 296 Å². The van der Waals surface area contributed by atoms with E-state index in [1.54, 1.807) is 42.5 Å². The average Bonchev–Trinajstić information content (AvgIpc) is 3.10. The lowest BCUT2D eigenvalue weighted by molar-refractivity contribution is -0.181. The molecule has 0 aliphatic heterocycles. The molecule has 0 spiro atoms. The summed E-state index contributed by atoms with van der Waals surface area (Å²) in [6.45, 7) is 13.5. The molecule has 6 atom stereocenters. The van der Waals surface area contributed by atoms with Crippen molar-refractivity contribution in [1.29, 1.82) is 5.26 Å². The van der Waals surface area contributed by atoms with Crippen LogP contribution < -0.4 is 0 Å². The van der Waals surface area contributed by atoms with Gasteiger partial charge in [-0.15, -0.1) is 0 Å². The number of ketones is 1. The second kappa shape index (κ2) is 12.7. The van der Waals surface area contributed by atoms with E-state index in [2.05, 4.69) is 46.8 Å². The molecular weight excluding hydrogens is 626 g/mol. The number of nitriles is 1. The topological polar surface area (TPSA) is 114 Å². The fourth-order valence-corrected chi connectivity index (χ4v) is 10.2. The zero-order valence-electron chi connectivity index (χ0n) is 30.2. The molecule has 3 saturated carbocycles. The third kappa shape index (κ3) is 5.61. The van der Waals surface area contributed by atoms with Crippen molar-refractivity contribution >= 4 is 23.3 Å². The minimum absolute atomic E-state index is 0.00253. The molecule has 0 radical (unpaired) electrons. The summed E-state index contributed by atoms with van der Waals surface area (Å²) in [4.78, 5) is 38.8. The van der Waals surface area contributed by atoms with Crippen molar-refractivity contribution in [3.8, 4) is 6.07 Å². The quantitative estimate of drug-likeness (QED) is 0.133. The van der Waals surface area contributed by atoms with Gasteiger partial charge < -0.3 is 14.6 Å². The number of esters is 2. The number of rotatable bonds is 7. The van der Waals surface area contributed by atoms with Gasteiger partial charge in [-0.2, -0.15) is 5.26 Å². The van der Waals surface area contributed by atoms with Gasteiger partial charge in [0.15, 0.2) is 5.76 Å². The molecule has 1 N–H and O–H groups in total. The summed E-state index contributed by atoms with van der Waals surface area (Å²) >= 11 is 0. The Morgan fingerprint density at radius 3 is 2.32 bits per heavy atom. The minimum atomic E-state index is -0.617. The number of benzene rings is 1. The summed E-state index contributed by atoms with van der Waals surface area (Å²) in [7, 11) is 0. The molecule has 50 heavy (non-hydrogen) atoms. The highest BCUT2D eigenvalue weighted by Gasteiger charge is 2.67. The average molecular weight is 676 g/mol. The molecule has 262 valence electrons. The molecule has 0 bridgehead atoms. The van der Waals surface area contributed by atoms with Gasteiger partial charge in [0.2, 0.25) is 5.78 Å².